The highest BCUT2D eigenvalue weighted by molar-refractivity contribution is 6.30. The molecule has 0 aromatic heterocycles. The highest BCUT2D eigenvalue weighted by Gasteiger charge is 2.39. The minimum atomic E-state index is -0.432. The maximum Gasteiger partial charge on any atom is 0.145 e. The molecule has 1 saturated carbocycles. The normalized spacial score (nSPS) is 24.0. The number of nitrogens with one attached hydrogen (secondary N) is 1. The minimum absolute atomic E-state index is 0.160. The van der Waals surface area contributed by atoms with Crippen molar-refractivity contribution < 1.29 is 9.13 Å². The molecule has 1 aliphatic carbocycles. The third kappa shape index (κ3) is 1.94. The number of hydrogen-bond donors (Lipinski definition) is 1. The standard InChI is InChI=1S/C11H13ClFNO/c1-14-10-4-6(10)7-3-8(12)9(13)5-11(7)15-2/h3,5-6,10,14H,4H2,1-2H3. The molecule has 82 valence electrons. The molecule has 0 aliphatic heterocycles. The maximum absolute atomic E-state index is 13.2. The third-order valence-corrected chi connectivity index (χ3v) is 3.12. The summed E-state index contributed by atoms with van der Waals surface area (Å²) in [6.45, 7) is 0. The van der Waals surface area contributed by atoms with Gasteiger partial charge in [-0.25, -0.2) is 4.39 Å². The Kier molecular flexibility index (Phi) is 2.85. The zero-order valence-corrected chi connectivity index (χ0v) is 9.44. The van der Waals surface area contributed by atoms with E-state index in [9.17, 15) is 4.39 Å². The first kappa shape index (κ1) is 10.7. The Morgan fingerprint density at radius 1 is 1.53 bits per heavy atom. The first-order valence-electron chi connectivity index (χ1n) is 4.87. The quantitative estimate of drug-likeness (QED) is 0.860. The van der Waals surface area contributed by atoms with E-state index in [0.717, 1.165) is 12.0 Å². The van der Waals surface area contributed by atoms with Crippen LogP contribution < -0.4 is 10.1 Å². The van der Waals surface area contributed by atoms with Crippen molar-refractivity contribution >= 4 is 11.6 Å². The Morgan fingerprint density at radius 2 is 2.27 bits per heavy atom. The van der Waals surface area contributed by atoms with Gasteiger partial charge in [0.25, 0.3) is 0 Å². The van der Waals surface area contributed by atoms with Gasteiger partial charge >= 0.3 is 0 Å². The van der Waals surface area contributed by atoms with Crippen molar-refractivity contribution in [3.8, 4) is 5.75 Å². The number of ether oxygens (including phenoxy) is 1. The van der Waals surface area contributed by atoms with Crippen molar-refractivity contribution in [3.63, 3.8) is 0 Å². The zero-order chi connectivity index (χ0) is 11.0. The second kappa shape index (κ2) is 3.99. The predicted octanol–water partition coefficient (Wildman–Crippen LogP) is 2.56. The van der Waals surface area contributed by atoms with Gasteiger partial charge in [-0.1, -0.05) is 11.6 Å². The molecule has 15 heavy (non-hydrogen) atoms. The van der Waals surface area contributed by atoms with E-state index in [-0.39, 0.29) is 5.02 Å². The van der Waals surface area contributed by atoms with Crippen LogP contribution in [0.1, 0.15) is 17.9 Å². The van der Waals surface area contributed by atoms with Crippen LogP contribution in [0.15, 0.2) is 12.1 Å². The van der Waals surface area contributed by atoms with Gasteiger partial charge < -0.3 is 10.1 Å². The van der Waals surface area contributed by atoms with Crippen LogP contribution in [0.5, 0.6) is 5.75 Å². The van der Waals surface area contributed by atoms with Gasteiger partial charge in [0.2, 0.25) is 0 Å². The van der Waals surface area contributed by atoms with Gasteiger partial charge in [-0.2, -0.15) is 0 Å². The van der Waals surface area contributed by atoms with Gasteiger partial charge in [0.05, 0.1) is 12.1 Å². The zero-order valence-electron chi connectivity index (χ0n) is 8.68. The summed E-state index contributed by atoms with van der Waals surface area (Å²) in [4.78, 5) is 0. The van der Waals surface area contributed by atoms with E-state index in [1.807, 2.05) is 7.05 Å². The number of halogens is 2. The molecule has 0 bridgehead atoms. The molecule has 2 rings (SSSR count). The molecule has 2 atom stereocenters. The molecule has 1 aliphatic rings. The lowest BCUT2D eigenvalue weighted by Gasteiger charge is -2.09. The molecule has 0 saturated heterocycles. The van der Waals surface area contributed by atoms with E-state index in [0.29, 0.717) is 17.7 Å². The fraction of sp³-hybridized carbons (Fsp3) is 0.455. The largest absolute Gasteiger partial charge is 0.496 e. The Balaban J connectivity index is 2.34. The van der Waals surface area contributed by atoms with Crippen LogP contribution in [0, 0.1) is 5.82 Å². The van der Waals surface area contributed by atoms with Crippen molar-refractivity contribution in [2.45, 2.75) is 18.4 Å². The van der Waals surface area contributed by atoms with Crippen LogP contribution in [-0.2, 0) is 0 Å². The molecule has 0 spiro atoms. The number of benzene rings is 1. The van der Waals surface area contributed by atoms with Gasteiger partial charge in [0, 0.05) is 23.6 Å². The minimum Gasteiger partial charge on any atom is -0.496 e. The summed E-state index contributed by atoms with van der Waals surface area (Å²) < 4.78 is 18.3. The summed E-state index contributed by atoms with van der Waals surface area (Å²) in [6, 6.07) is 3.47. The molecule has 0 heterocycles. The number of rotatable bonds is 3. The van der Waals surface area contributed by atoms with Gasteiger partial charge in [-0.3, -0.25) is 0 Å². The first-order valence-corrected chi connectivity index (χ1v) is 5.25. The van der Waals surface area contributed by atoms with Crippen LogP contribution in [0.4, 0.5) is 4.39 Å². The lowest BCUT2D eigenvalue weighted by atomic mass is 10.1. The Morgan fingerprint density at radius 3 is 2.80 bits per heavy atom. The fourth-order valence-electron chi connectivity index (χ4n) is 1.87. The predicted molar refractivity (Wildman–Crippen MR) is 58.2 cm³/mol. The molecular formula is C11H13ClFNO. The maximum atomic E-state index is 13.2. The topological polar surface area (TPSA) is 21.3 Å². The average Bonchev–Trinajstić information content (AvgIpc) is 3.00. The van der Waals surface area contributed by atoms with Crippen molar-refractivity contribution in [1.29, 1.82) is 0 Å². The van der Waals surface area contributed by atoms with E-state index in [4.69, 9.17) is 16.3 Å². The lowest BCUT2D eigenvalue weighted by Crippen LogP contribution is -2.10. The molecule has 0 radical (unpaired) electrons. The number of likely N-dealkylation sites (N-methyl/N-ethyl adjacent to an activating group) is 1. The average molecular weight is 230 g/mol. The van der Waals surface area contributed by atoms with Gasteiger partial charge in [-0.15, -0.1) is 0 Å². The summed E-state index contributed by atoms with van der Waals surface area (Å²) in [6.07, 6.45) is 1.05. The first-order chi connectivity index (χ1) is 7.17. The summed E-state index contributed by atoms with van der Waals surface area (Å²) in [7, 11) is 3.46. The van der Waals surface area contributed by atoms with Crippen molar-refractivity contribution in [3.05, 3.63) is 28.5 Å². The van der Waals surface area contributed by atoms with Crippen LogP contribution in [0.25, 0.3) is 0 Å². The van der Waals surface area contributed by atoms with Gasteiger partial charge in [0.15, 0.2) is 0 Å². The van der Waals surface area contributed by atoms with Crippen molar-refractivity contribution in [2.75, 3.05) is 14.2 Å². The van der Waals surface area contributed by atoms with Crippen LogP contribution in [-0.4, -0.2) is 20.2 Å². The van der Waals surface area contributed by atoms with Crippen LogP contribution in [0.2, 0.25) is 5.02 Å². The van der Waals surface area contributed by atoms with Crippen LogP contribution >= 0.6 is 11.6 Å². The Hall–Kier alpha value is -0.800. The van der Waals surface area contributed by atoms with Crippen molar-refractivity contribution in [2.24, 2.45) is 0 Å². The summed E-state index contributed by atoms with van der Waals surface area (Å²) in [5, 5.41) is 3.34. The molecule has 1 aromatic rings. The van der Waals surface area contributed by atoms with Gasteiger partial charge in [-0.05, 0) is 19.5 Å². The summed E-state index contributed by atoms with van der Waals surface area (Å²) in [5.41, 5.74) is 0.989. The molecule has 2 unspecified atom stereocenters. The van der Waals surface area contributed by atoms with E-state index >= 15 is 0 Å². The fourth-order valence-corrected chi connectivity index (χ4v) is 2.04. The van der Waals surface area contributed by atoms with E-state index < -0.39 is 5.82 Å². The number of methoxy groups -OCH3 is 1. The highest BCUT2D eigenvalue weighted by Crippen LogP contribution is 2.45. The number of hydrogen-bond acceptors (Lipinski definition) is 2. The van der Waals surface area contributed by atoms with E-state index in [1.165, 1.54) is 6.07 Å². The van der Waals surface area contributed by atoms with E-state index in [1.54, 1.807) is 13.2 Å². The Labute approximate surface area is 93.4 Å². The monoisotopic (exact) mass is 229 g/mol. The highest BCUT2D eigenvalue weighted by atomic mass is 35.5. The third-order valence-electron chi connectivity index (χ3n) is 2.83. The molecule has 2 nitrogen and oxygen atoms in total. The molecule has 1 aromatic carbocycles. The SMILES string of the molecule is CNC1CC1c1cc(Cl)c(F)cc1OC. The summed E-state index contributed by atoms with van der Waals surface area (Å²) in [5.74, 6) is 0.543. The van der Waals surface area contributed by atoms with Crippen LogP contribution in [0.3, 0.4) is 0 Å². The Bertz CT molecular complexity index is 383. The van der Waals surface area contributed by atoms with Gasteiger partial charge in [0.1, 0.15) is 11.6 Å². The van der Waals surface area contributed by atoms with Crippen molar-refractivity contribution in [1.82, 2.24) is 5.32 Å². The summed E-state index contributed by atoms with van der Waals surface area (Å²) >= 11 is 5.75. The molecule has 1 fully saturated rings. The smallest absolute Gasteiger partial charge is 0.145 e. The molecular weight excluding hydrogens is 217 g/mol. The second-order valence-corrected chi connectivity index (χ2v) is 4.15. The second-order valence-electron chi connectivity index (χ2n) is 3.75. The molecule has 0 amide bonds. The molecule has 4 heteroatoms. The molecule has 1 N–H and O–H groups in total. The lowest BCUT2D eigenvalue weighted by molar-refractivity contribution is 0.406. The van der Waals surface area contributed by atoms with E-state index in [2.05, 4.69) is 5.32 Å².